The van der Waals surface area contributed by atoms with Gasteiger partial charge in [0.15, 0.2) is 0 Å². The van der Waals surface area contributed by atoms with E-state index >= 15 is 0 Å². The first-order valence-electron chi connectivity index (χ1n) is 21.1. The summed E-state index contributed by atoms with van der Waals surface area (Å²) < 4.78 is 0. The summed E-state index contributed by atoms with van der Waals surface area (Å²) in [6, 6.07) is 71.2. The lowest BCUT2D eigenvalue weighted by Crippen LogP contribution is -2.39. The van der Waals surface area contributed by atoms with Crippen LogP contribution in [0.4, 0.5) is 17.1 Å². The van der Waals surface area contributed by atoms with Crippen LogP contribution in [0, 0.1) is 0 Å². The van der Waals surface area contributed by atoms with E-state index in [2.05, 4.69) is 207 Å². The van der Waals surface area contributed by atoms with Crippen molar-refractivity contribution < 1.29 is 0 Å². The SMILES string of the molecule is CC1(C)c2ccccc2-c2ccc(N(c3ccccc3)c3ccc4c(c3)C3(CCC5(CC3)c3ccccc3-c3ccccc35)c3cccc(-c5ccccc5)c3-4)cc21. The molecule has 1 nitrogen and oxygen atoms in total. The van der Waals surface area contributed by atoms with Gasteiger partial charge in [-0.05, 0) is 140 Å². The van der Waals surface area contributed by atoms with Crippen molar-refractivity contribution in [1.29, 1.82) is 0 Å². The second-order valence-corrected chi connectivity index (χ2v) is 17.7. The third-order valence-corrected chi connectivity index (χ3v) is 14.7. The molecule has 1 heteroatoms. The van der Waals surface area contributed by atoms with E-state index in [0.29, 0.717) is 0 Å². The third-order valence-electron chi connectivity index (χ3n) is 14.7. The zero-order valence-electron chi connectivity index (χ0n) is 33.2. The average molecular weight is 744 g/mol. The van der Waals surface area contributed by atoms with E-state index in [0.717, 1.165) is 25.7 Å². The molecule has 0 amide bonds. The van der Waals surface area contributed by atoms with Crippen molar-refractivity contribution in [3.8, 4) is 44.5 Å². The van der Waals surface area contributed by atoms with Gasteiger partial charge in [0.05, 0.1) is 0 Å². The molecule has 0 aromatic heterocycles. The maximum Gasteiger partial charge on any atom is 0.0465 e. The Morgan fingerprint density at radius 1 is 0.328 bits per heavy atom. The number of hydrogen-bond acceptors (Lipinski definition) is 1. The van der Waals surface area contributed by atoms with Crippen LogP contribution >= 0.6 is 0 Å². The van der Waals surface area contributed by atoms with Crippen LogP contribution in [-0.2, 0) is 16.2 Å². The Morgan fingerprint density at radius 2 is 0.776 bits per heavy atom. The first kappa shape index (κ1) is 33.7. The van der Waals surface area contributed by atoms with Crippen LogP contribution in [0.25, 0.3) is 44.5 Å². The van der Waals surface area contributed by atoms with Crippen LogP contribution in [0.5, 0.6) is 0 Å². The molecular formula is C57H45N. The Kier molecular flexibility index (Phi) is 7.13. The van der Waals surface area contributed by atoms with Gasteiger partial charge in [0.1, 0.15) is 0 Å². The molecule has 0 saturated heterocycles. The van der Waals surface area contributed by atoms with Crippen molar-refractivity contribution in [2.75, 3.05) is 4.90 Å². The molecule has 1 saturated carbocycles. The van der Waals surface area contributed by atoms with Gasteiger partial charge in [-0.1, -0.05) is 166 Å². The van der Waals surface area contributed by atoms with Gasteiger partial charge in [0.25, 0.3) is 0 Å². The van der Waals surface area contributed by atoms with Crippen LogP contribution in [0.3, 0.4) is 0 Å². The van der Waals surface area contributed by atoms with E-state index in [1.54, 1.807) is 0 Å². The summed E-state index contributed by atoms with van der Waals surface area (Å²) in [5, 5.41) is 0. The minimum Gasteiger partial charge on any atom is -0.310 e. The molecule has 278 valence electrons. The topological polar surface area (TPSA) is 3.24 Å². The highest BCUT2D eigenvalue weighted by Gasteiger charge is 2.53. The zero-order chi connectivity index (χ0) is 38.6. The number of para-hydroxylation sites is 1. The summed E-state index contributed by atoms with van der Waals surface area (Å²) in [7, 11) is 0. The number of benzene rings is 8. The molecule has 2 spiro atoms. The fourth-order valence-electron chi connectivity index (χ4n) is 12.0. The van der Waals surface area contributed by atoms with Crippen molar-refractivity contribution in [3.63, 3.8) is 0 Å². The highest BCUT2D eigenvalue weighted by atomic mass is 15.1. The van der Waals surface area contributed by atoms with Crippen molar-refractivity contribution in [2.24, 2.45) is 0 Å². The summed E-state index contributed by atoms with van der Waals surface area (Å²) in [6.45, 7) is 4.76. The molecule has 0 bridgehead atoms. The van der Waals surface area contributed by atoms with Crippen molar-refractivity contribution in [3.05, 3.63) is 221 Å². The molecule has 8 aromatic rings. The minimum absolute atomic E-state index is 0.0286. The van der Waals surface area contributed by atoms with E-state index in [-0.39, 0.29) is 16.2 Å². The van der Waals surface area contributed by atoms with Crippen LogP contribution < -0.4 is 4.90 Å². The number of rotatable bonds is 4. The molecule has 0 radical (unpaired) electrons. The van der Waals surface area contributed by atoms with Crippen LogP contribution in [0.15, 0.2) is 188 Å². The van der Waals surface area contributed by atoms with Crippen LogP contribution in [-0.4, -0.2) is 0 Å². The fraction of sp³-hybridized carbons (Fsp3) is 0.158. The molecule has 4 aliphatic carbocycles. The Bertz CT molecular complexity index is 2880. The van der Waals surface area contributed by atoms with Crippen molar-refractivity contribution in [2.45, 2.75) is 55.8 Å². The number of anilines is 3. The average Bonchev–Trinajstić information content (AvgIpc) is 3.81. The maximum absolute atomic E-state index is 2.58. The van der Waals surface area contributed by atoms with Gasteiger partial charge in [0, 0.05) is 33.3 Å². The van der Waals surface area contributed by atoms with Gasteiger partial charge in [-0.2, -0.15) is 0 Å². The van der Waals surface area contributed by atoms with E-state index in [9.17, 15) is 0 Å². The van der Waals surface area contributed by atoms with Crippen LogP contribution in [0.2, 0.25) is 0 Å². The molecule has 0 aliphatic heterocycles. The summed E-state index contributed by atoms with van der Waals surface area (Å²) in [4.78, 5) is 2.50. The lowest BCUT2D eigenvalue weighted by atomic mass is 9.57. The van der Waals surface area contributed by atoms with E-state index in [1.165, 1.54) is 95.0 Å². The minimum atomic E-state index is -0.104. The highest BCUT2D eigenvalue weighted by Crippen LogP contribution is 2.65. The molecule has 12 rings (SSSR count). The number of hydrogen-bond donors (Lipinski definition) is 0. The smallest absolute Gasteiger partial charge is 0.0465 e. The number of nitrogens with zero attached hydrogens (tertiary/aromatic N) is 1. The molecule has 0 N–H and O–H groups in total. The van der Waals surface area contributed by atoms with E-state index < -0.39 is 0 Å². The van der Waals surface area contributed by atoms with E-state index in [1.807, 2.05) is 0 Å². The molecule has 8 aromatic carbocycles. The summed E-state index contributed by atoms with van der Waals surface area (Å²) in [6.07, 6.45) is 4.41. The van der Waals surface area contributed by atoms with E-state index in [4.69, 9.17) is 0 Å². The Balaban J connectivity index is 1.04. The summed E-state index contributed by atoms with van der Waals surface area (Å²) >= 11 is 0. The fourth-order valence-corrected chi connectivity index (χ4v) is 12.0. The largest absolute Gasteiger partial charge is 0.310 e. The molecule has 4 aliphatic rings. The zero-order valence-corrected chi connectivity index (χ0v) is 33.2. The summed E-state index contributed by atoms with van der Waals surface area (Å²) in [5.41, 5.74) is 23.2. The molecule has 58 heavy (non-hydrogen) atoms. The molecule has 0 atom stereocenters. The first-order chi connectivity index (χ1) is 28.5. The highest BCUT2D eigenvalue weighted by molar-refractivity contribution is 5.95. The molecule has 1 fully saturated rings. The Labute approximate surface area is 342 Å². The maximum atomic E-state index is 2.58. The molecule has 0 unspecified atom stereocenters. The number of fused-ring (bicyclic) bond motifs is 13. The second kappa shape index (κ2) is 12.3. The van der Waals surface area contributed by atoms with Gasteiger partial charge < -0.3 is 4.90 Å². The normalized spacial score (nSPS) is 16.6. The molecule has 0 heterocycles. The lowest BCUT2D eigenvalue weighted by Gasteiger charge is -2.46. The predicted octanol–water partition coefficient (Wildman–Crippen LogP) is 14.9. The predicted molar refractivity (Wildman–Crippen MR) is 241 cm³/mol. The standard InChI is InChI=1S/C57H45N/c1-55(2)48-24-12-9-20-43(48)46-30-28-40(36-52(46)55)58(39-18-7-4-8-19-39)41-29-31-47-53(37-41)57(51-27-15-23-42(54(47)51)38-16-5-3-6-17-38)34-32-56(33-35-57)49-25-13-10-21-44(49)45-22-11-14-26-50(45)56/h3-31,36-37H,32-35H2,1-2H3. The second-order valence-electron chi connectivity index (χ2n) is 17.7. The van der Waals surface area contributed by atoms with Gasteiger partial charge in [-0.25, -0.2) is 0 Å². The third kappa shape index (κ3) is 4.53. The Morgan fingerprint density at radius 3 is 1.41 bits per heavy atom. The van der Waals surface area contributed by atoms with Crippen LogP contribution in [0.1, 0.15) is 72.9 Å². The first-order valence-corrected chi connectivity index (χ1v) is 21.1. The van der Waals surface area contributed by atoms with Gasteiger partial charge in [0.2, 0.25) is 0 Å². The monoisotopic (exact) mass is 743 g/mol. The Hall–Kier alpha value is -6.44. The summed E-state index contributed by atoms with van der Waals surface area (Å²) in [5.74, 6) is 0. The lowest BCUT2D eigenvalue weighted by molar-refractivity contribution is 0.265. The van der Waals surface area contributed by atoms with Crippen molar-refractivity contribution in [1.82, 2.24) is 0 Å². The quantitative estimate of drug-likeness (QED) is 0.173. The van der Waals surface area contributed by atoms with Gasteiger partial charge in [-0.15, -0.1) is 0 Å². The van der Waals surface area contributed by atoms with Gasteiger partial charge in [-0.3, -0.25) is 0 Å². The molecular weight excluding hydrogens is 699 g/mol. The van der Waals surface area contributed by atoms with Gasteiger partial charge >= 0.3 is 0 Å². The van der Waals surface area contributed by atoms with Crippen molar-refractivity contribution >= 4 is 17.1 Å².